The average molecular weight is 328 g/mol. The van der Waals surface area contributed by atoms with Gasteiger partial charge in [0, 0.05) is 14.1 Å². The Bertz CT molecular complexity index is 532. The predicted molar refractivity (Wildman–Crippen MR) is 93.9 cm³/mol. The summed E-state index contributed by atoms with van der Waals surface area (Å²) < 4.78 is 27.1. The number of benzene rings is 1. The highest BCUT2D eigenvalue weighted by molar-refractivity contribution is 7.89. The minimum absolute atomic E-state index is 0.174. The van der Waals surface area contributed by atoms with Crippen LogP contribution in [-0.4, -0.2) is 22.2 Å². The highest BCUT2D eigenvalue weighted by Gasteiger charge is 2.20. The van der Waals surface area contributed by atoms with Gasteiger partial charge >= 0.3 is 0 Å². The molecule has 3 nitrogen and oxygen atoms in total. The zero-order valence-corrected chi connectivity index (χ0v) is 15.8. The van der Waals surface area contributed by atoms with Crippen molar-refractivity contribution in [2.75, 3.05) is 5.75 Å². The molecule has 1 aromatic carbocycles. The number of hydrogen-bond acceptors (Lipinski definition) is 2. The molecule has 1 aromatic rings. The van der Waals surface area contributed by atoms with Gasteiger partial charge in [-0.15, -0.1) is 0 Å². The summed E-state index contributed by atoms with van der Waals surface area (Å²) in [5.74, 6) is 0.237. The SMILES string of the molecule is CCCc1ccc(C(C)NS(=O)(=O)CC[Si](C)(C)C)cc1. The van der Waals surface area contributed by atoms with Gasteiger partial charge in [0.1, 0.15) is 0 Å². The molecule has 0 aliphatic heterocycles. The molecule has 1 atom stereocenters. The van der Waals surface area contributed by atoms with Gasteiger partial charge in [-0.3, -0.25) is 0 Å². The quantitative estimate of drug-likeness (QED) is 0.735. The number of sulfonamides is 1. The van der Waals surface area contributed by atoms with Crippen LogP contribution in [0.5, 0.6) is 0 Å². The van der Waals surface area contributed by atoms with Crippen LogP contribution in [0.2, 0.25) is 25.7 Å². The lowest BCUT2D eigenvalue weighted by atomic mass is 10.0. The maximum absolute atomic E-state index is 12.1. The lowest BCUT2D eigenvalue weighted by Gasteiger charge is -2.18. The molecule has 0 saturated heterocycles. The lowest BCUT2D eigenvalue weighted by molar-refractivity contribution is 0.568. The second-order valence-electron chi connectivity index (χ2n) is 6.96. The number of nitrogens with one attached hydrogen (secondary N) is 1. The second kappa shape index (κ2) is 7.56. The predicted octanol–water partition coefficient (Wildman–Crippen LogP) is 3.96. The Morgan fingerprint density at radius 3 is 2.19 bits per heavy atom. The molecule has 0 radical (unpaired) electrons. The molecule has 0 aromatic heterocycles. The van der Waals surface area contributed by atoms with Gasteiger partial charge in [0.05, 0.1) is 5.75 Å². The Morgan fingerprint density at radius 1 is 1.14 bits per heavy atom. The van der Waals surface area contributed by atoms with E-state index in [9.17, 15) is 8.42 Å². The third kappa shape index (κ3) is 7.25. The van der Waals surface area contributed by atoms with Crippen molar-refractivity contribution in [1.29, 1.82) is 0 Å². The van der Waals surface area contributed by atoms with Crippen LogP contribution < -0.4 is 4.72 Å². The number of aryl methyl sites for hydroxylation is 1. The van der Waals surface area contributed by atoms with Crippen molar-refractivity contribution in [2.45, 2.75) is 58.4 Å². The first-order chi connectivity index (χ1) is 9.63. The fourth-order valence-corrected chi connectivity index (χ4v) is 6.42. The van der Waals surface area contributed by atoms with E-state index in [1.54, 1.807) is 0 Å². The highest BCUT2D eigenvalue weighted by atomic mass is 32.2. The minimum atomic E-state index is -3.20. The highest BCUT2D eigenvalue weighted by Crippen LogP contribution is 2.16. The topological polar surface area (TPSA) is 46.2 Å². The molecule has 0 bridgehead atoms. The van der Waals surface area contributed by atoms with Crippen molar-refractivity contribution in [1.82, 2.24) is 4.72 Å². The van der Waals surface area contributed by atoms with Gasteiger partial charge in [0.15, 0.2) is 0 Å². The summed E-state index contributed by atoms with van der Waals surface area (Å²) in [6.45, 7) is 10.6. The molecular weight excluding hydrogens is 298 g/mol. The monoisotopic (exact) mass is 327 g/mol. The molecule has 0 aliphatic carbocycles. The van der Waals surface area contributed by atoms with E-state index >= 15 is 0 Å². The van der Waals surface area contributed by atoms with Crippen LogP contribution in [0.15, 0.2) is 24.3 Å². The molecule has 0 spiro atoms. The maximum atomic E-state index is 12.1. The van der Waals surface area contributed by atoms with E-state index < -0.39 is 18.1 Å². The van der Waals surface area contributed by atoms with Crippen LogP contribution >= 0.6 is 0 Å². The molecule has 1 rings (SSSR count). The van der Waals surface area contributed by atoms with E-state index in [4.69, 9.17) is 0 Å². The smallest absolute Gasteiger partial charge is 0.211 e. The van der Waals surface area contributed by atoms with Gasteiger partial charge in [-0.25, -0.2) is 13.1 Å². The largest absolute Gasteiger partial charge is 0.212 e. The molecule has 0 amide bonds. The summed E-state index contributed by atoms with van der Waals surface area (Å²) in [7, 11) is -4.53. The Kier molecular flexibility index (Phi) is 6.62. The van der Waals surface area contributed by atoms with Crippen LogP contribution in [0.4, 0.5) is 0 Å². The molecule has 0 heterocycles. The summed E-state index contributed by atoms with van der Waals surface area (Å²) in [6.07, 6.45) is 2.19. The molecular formula is C16H29NO2SSi. The molecule has 0 aliphatic rings. The minimum Gasteiger partial charge on any atom is -0.212 e. The van der Waals surface area contributed by atoms with Gasteiger partial charge in [-0.05, 0) is 30.5 Å². The van der Waals surface area contributed by atoms with Crippen molar-refractivity contribution in [3.8, 4) is 0 Å². The van der Waals surface area contributed by atoms with E-state index in [0.717, 1.165) is 24.4 Å². The van der Waals surface area contributed by atoms with Crippen molar-refractivity contribution in [2.24, 2.45) is 0 Å². The fraction of sp³-hybridized carbons (Fsp3) is 0.625. The first-order valence-corrected chi connectivity index (χ1v) is 13.1. The molecule has 120 valence electrons. The van der Waals surface area contributed by atoms with Crippen LogP contribution in [0, 0.1) is 0 Å². The molecule has 1 N–H and O–H groups in total. The Morgan fingerprint density at radius 2 is 1.71 bits per heavy atom. The molecule has 0 fully saturated rings. The van der Waals surface area contributed by atoms with Crippen LogP contribution in [0.25, 0.3) is 0 Å². The zero-order valence-electron chi connectivity index (χ0n) is 13.9. The Hall–Kier alpha value is -0.653. The number of rotatable bonds is 8. The molecule has 21 heavy (non-hydrogen) atoms. The van der Waals surface area contributed by atoms with Gasteiger partial charge < -0.3 is 0 Å². The standard InChI is InChI=1S/C16H29NO2SSi/c1-6-7-15-8-10-16(11-9-15)14(2)17-20(18,19)12-13-21(3,4)5/h8-11,14,17H,6-7,12-13H2,1-5H3. The average Bonchev–Trinajstić information content (AvgIpc) is 2.36. The van der Waals surface area contributed by atoms with Crippen LogP contribution in [0.3, 0.4) is 0 Å². The summed E-state index contributed by atoms with van der Waals surface area (Å²) in [5, 5.41) is 0. The van der Waals surface area contributed by atoms with Gasteiger partial charge in [-0.1, -0.05) is 57.3 Å². The first kappa shape index (κ1) is 18.4. The third-order valence-electron chi connectivity index (χ3n) is 3.50. The Balaban J connectivity index is 2.64. The first-order valence-electron chi connectivity index (χ1n) is 7.72. The van der Waals surface area contributed by atoms with E-state index in [0.29, 0.717) is 0 Å². The van der Waals surface area contributed by atoms with Crippen LogP contribution in [0.1, 0.15) is 37.4 Å². The Labute approximate surface area is 131 Å². The van der Waals surface area contributed by atoms with Crippen molar-refractivity contribution < 1.29 is 8.42 Å². The fourth-order valence-electron chi connectivity index (χ4n) is 2.10. The maximum Gasteiger partial charge on any atom is 0.211 e. The third-order valence-corrected chi connectivity index (χ3v) is 7.06. The molecule has 5 heteroatoms. The van der Waals surface area contributed by atoms with Crippen molar-refractivity contribution in [3.05, 3.63) is 35.4 Å². The van der Waals surface area contributed by atoms with E-state index in [1.165, 1.54) is 5.56 Å². The summed E-state index contributed by atoms with van der Waals surface area (Å²) in [5.41, 5.74) is 2.32. The normalized spacial score (nSPS) is 14.1. The molecule has 1 unspecified atom stereocenters. The summed E-state index contributed by atoms with van der Waals surface area (Å²) in [6, 6.07) is 8.85. The number of hydrogen-bond donors (Lipinski definition) is 1. The van der Waals surface area contributed by atoms with E-state index in [2.05, 4.69) is 43.4 Å². The van der Waals surface area contributed by atoms with Gasteiger partial charge in [-0.2, -0.15) is 0 Å². The van der Waals surface area contributed by atoms with Crippen molar-refractivity contribution in [3.63, 3.8) is 0 Å². The van der Waals surface area contributed by atoms with Crippen molar-refractivity contribution >= 4 is 18.1 Å². The summed E-state index contributed by atoms with van der Waals surface area (Å²) >= 11 is 0. The van der Waals surface area contributed by atoms with E-state index in [-0.39, 0.29) is 11.8 Å². The van der Waals surface area contributed by atoms with Crippen LogP contribution in [-0.2, 0) is 16.4 Å². The van der Waals surface area contributed by atoms with Gasteiger partial charge in [0.25, 0.3) is 0 Å². The lowest BCUT2D eigenvalue weighted by Crippen LogP contribution is -2.32. The second-order valence-corrected chi connectivity index (χ2v) is 14.5. The summed E-state index contributed by atoms with van der Waals surface area (Å²) in [4.78, 5) is 0. The van der Waals surface area contributed by atoms with E-state index in [1.807, 2.05) is 19.1 Å². The van der Waals surface area contributed by atoms with Gasteiger partial charge in [0.2, 0.25) is 10.0 Å². The zero-order chi connectivity index (χ0) is 16.1. The molecule has 0 saturated carbocycles.